The summed E-state index contributed by atoms with van der Waals surface area (Å²) in [4.78, 5) is -4.97. The van der Waals surface area contributed by atoms with Gasteiger partial charge in [0, 0.05) is 62.5 Å². The van der Waals surface area contributed by atoms with E-state index in [0.29, 0.717) is 48.0 Å². The Morgan fingerprint density at radius 3 is 1.64 bits per heavy atom. The quantitative estimate of drug-likeness (QED) is 0.00496. The van der Waals surface area contributed by atoms with E-state index in [2.05, 4.69) is 80.2 Å². The van der Waals surface area contributed by atoms with Gasteiger partial charge in [-0.25, -0.2) is 15.8 Å². The standard InChI is InChI=1S/C62H47N11O29S8/c1-30-18-46(49(96-16-7-17-103-100-97-78)29-45(30)67-69-47-25-36(106(81,82)83)20-32-21-37(107(84,85)86)26-48(74)55(32)47)68-73-59-54(110(93,94)95)28-40-42(62(59)77)23-35(24-53(40)109(90,91)92)65-70-56-41-27-51(105-102-99-80)58(61(76)39(41)14-15-44(56)63-33-8-3-2-4-9-33)71-64-34-12-13-38-31(19-34)22-50(104-101-98-79)57(60(38)75)72-66-43-10-5-6-11-52(43)108(87,88)89/h2-6,8-15,18-29,63,74-80H,7,16-17H2,1H3,(H,81,82,83)(H,84,85,86)(H,87,88,89)(H,90,91,92)(H,93,94,95). The van der Waals surface area contributed by atoms with Crippen LogP contribution in [0.3, 0.4) is 0 Å². The number of benzene rings is 11. The summed E-state index contributed by atoms with van der Waals surface area (Å²) in [5, 5.41) is 128. The van der Waals surface area contributed by atoms with E-state index in [1.54, 1.807) is 30.3 Å². The minimum Gasteiger partial charge on any atom is -0.507 e. The topological polar surface area (TPSA) is 614 Å². The second-order valence-corrected chi connectivity index (χ2v) is 31.5. The monoisotopic (exact) mass is 1670 g/mol. The first-order valence-electron chi connectivity index (χ1n) is 30.0. The first kappa shape index (κ1) is 80.5. The molecule has 0 radical (unpaired) electrons. The Bertz CT molecular complexity index is 6290. The highest BCUT2D eigenvalue weighted by atomic mass is 32.2. The largest absolute Gasteiger partial charge is 0.507 e. The lowest BCUT2D eigenvalue weighted by molar-refractivity contribution is -0.432. The smallest absolute Gasteiger partial charge is 0.296 e. The molecule has 40 nitrogen and oxygen atoms in total. The number of aryl methyl sites for hydroxylation is 1. The molecule has 0 aromatic heterocycles. The van der Waals surface area contributed by atoms with Crippen molar-refractivity contribution in [3.8, 4) is 28.7 Å². The van der Waals surface area contributed by atoms with Crippen LogP contribution >= 0.6 is 36.1 Å². The number of phenolic OH excluding ortho intramolecular Hbond substituents is 4. The van der Waals surface area contributed by atoms with E-state index in [1.807, 2.05) is 0 Å². The third-order valence-electron chi connectivity index (χ3n) is 15.3. The molecule has 11 rings (SSSR count). The number of azo groups is 5. The number of hydrogen-bond donors (Lipinski definition) is 13. The fourth-order valence-electron chi connectivity index (χ4n) is 10.5. The van der Waals surface area contributed by atoms with Crippen LogP contribution in [-0.2, 0) is 78.7 Å². The number of aromatic hydroxyl groups is 4. The molecule has 13 N–H and O–H groups in total. The van der Waals surface area contributed by atoms with Gasteiger partial charge in [0.2, 0.25) is 0 Å². The van der Waals surface area contributed by atoms with Crippen LogP contribution in [0, 0.1) is 6.92 Å². The summed E-state index contributed by atoms with van der Waals surface area (Å²) in [7, 11) is -25.9. The molecule has 0 aliphatic rings. The summed E-state index contributed by atoms with van der Waals surface area (Å²) in [6.07, 6.45) is 0.125. The molecule has 0 aliphatic heterocycles. The summed E-state index contributed by atoms with van der Waals surface area (Å²) in [6, 6.07) is 30.6. The van der Waals surface area contributed by atoms with Crippen LogP contribution in [0.1, 0.15) is 12.0 Å². The molecule has 0 saturated heterocycles. The molecule has 0 unspecified atom stereocenters. The summed E-state index contributed by atoms with van der Waals surface area (Å²) >= 11 is 1.27. The lowest BCUT2D eigenvalue weighted by Gasteiger charge is -2.15. The van der Waals surface area contributed by atoms with E-state index in [0.717, 1.165) is 30.3 Å². The number of anilines is 2. The normalized spacial score (nSPS) is 12.8. The fourth-order valence-corrected chi connectivity index (χ4v) is 14.9. The zero-order chi connectivity index (χ0) is 79.2. The third kappa shape index (κ3) is 18.5. The Balaban J connectivity index is 1.00. The first-order chi connectivity index (χ1) is 52.1. The second-order valence-electron chi connectivity index (χ2n) is 22.3. The van der Waals surface area contributed by atoms with Gasteiger partial charge < -0.3 is 30.5 Å². The van der Waals surface area contributed by atoms with Crippen LogP contribution in [0.4, 0.5) is 68.2 Å². The Hall–Kier alpha value is -10.5. The van der Waals surface area contributed by atoms with Crippen molar-refractivity contribution in [3.63, 3.8) is 0 Å². The highest BCUT2D eigenvalue weighted by Gasteiger charge is 2.29. The van der Waals surface area contributed by atoms with Gasteiger partial charge in [-0.15, -0.1) is 48.8 Å². The van der Waals surface area contributed by atoms with Crippen molar-refractivity contribution in [3.05, 3.63) is 157 Å². The number of ether oxygens (including phenoxy) is 1. The van der Waals surface area contributed by atoms with Crippen LogP contribution in [0.15, 0.2) is 237 Å². The summed E-state index contributed by atoms with van der Waals surface area (Å²) in [5.41, 5.74) is -2.91. The molecule has 572 valence electrons. The van der Waals surface area contributed by atoms with Crippen molar-refractivity contribution in [2.24, 2.45) is 51.1 Å². The fraction of sp³-hybridized carbons (Fsp3) is 0.0645. The average Bonchev–Trinajstić information content (AvgIpc) is 0.750. The van der Waals surface area contributed by atoms with Crippen molar-refractivity contribution in [1.29, 1.82) is 0 Å². The van der Waals surface area contributed by atoms with Gasteiger partial charge in [0.25, 0.3) is 50.6 Å². The Morgan fingerprint density at radius 2 is 0.973 bits per heavy atom. The van der Waals surface area contributed by atoms with Crippen LogP contribution in [0.2, 0.25) is 0 Å². The summed E-state index contributed by atoms with van der Waals surface area (Å²) in [6.45, 7) is 1.19. The minimum absolute atomic E-state index is 0.0126. The van der Waals surface area contributed by atoms with Gasteiger partial charge in [0.05, 0.1) is 84.1 Å². The zero-order valence-electron chi connectivity index (χ0n) is 54.6. The molecular weight excluding hydrogens is 1620 g/mol. The number of phenols is 4. The van der Waals surface area contributed by atoms with Crippen LogP contribution in [0.25, 0.3) is 43.1 Å². The predicted octanol–water partition coefficient (Wildman–Crippen LogP) is 17.2. The molecule has 0 atom stereocenters. The van der Waals surface area contributed by atoms with E-state index in [9.17, 15) is 90.5 Å². The molecule has 0 bridgehead atoms. The lowest BCUT2D eigenvalue weighted by atomic mass is 10.0. The molecule has 0 saturated carbocycles. The van der Waals surface area contributed by atoms with Crippen molar-refractivity contribution in [1.82, 2.24) is 0 Å². The highest BCUT2D eigenvalue weighted by Crippen LogP contribution is 2.52. The van der Waals surface area contributed by atoms with E-state index >= 15 is 0 Å². The van der Waals surface area contributed by atoms with E-state index in [4.69, 9.17) is 19.6 Å². The average molecular weight is 1670 g/mol. The van der Waals surface area contributed by atoms with Gasteiger partial charge >= 0.3 is 0 Å². The summed E-state index contributed by atoms with van der Waals surface area (Å²) in [5.74, 6) is -3.41. The van der Waals surface area contributed by atoms with Gasteiger partial charge in [-0.3, -0.25) is 22.8 Å². The van der Waals surface area contributed by atoms with E-state index in [1.165, 1.54) is 79.7 Å². The maximum absolute atomic E-state index is 13.4. The minimum atomic E-state index is -5.57. The molecule has 0 aliphatic carbocycles. The lowest BCUT2D eigenvalue weighted by Crippen LogP contribution is -2.03. The number of hydrogen-bond acceptors (Lipinski definition) is 38. The Morgan fingerprint density at radius 1 is 0.409 bits per heavy atom. The second kappa shape index (κ2) is 33.4. The molecule has 0 spiro atoms. The van der Waals surface area contributed by atoms with Crippen molar-refractivity contribution < 1.29 is 134 Å². The predicted molar refractivity (Wildman–Crippen MR) is 388 cm³/mol. The van der Waals surface area contributed by atoms with E-state index < -0.39 is 126 Å². The number of rotatable bonds is 30. The van der Waals surface area contributed by atoms with Gasteiger partial charge in [-0.1, -0.05) is 45.4 Å². The molecule has 110 heavy (non-hydrogen) atoms. The molecular formula is C62H47N11O29S8. The summed E-state index contributed by atoms with van der Waals surface area (Å²) < 4.78 is 197. The Kier molecular flexibility index (Phi) is 24.4. The number of fused-ring (bicyclic) bond motifs is 4. The molecule has 0 heterocycles. The van der Waals surface area contributed by atoms with Gasteiger partial charge in [0.15, 0.2) is 17.2 Å². The SMILES string of the molecule is Cc1cc(N=Nc2c(S(=O)(=O)O)cc3c(S(=O)(=O)O)cc(N=Nc4c(Nc5ccccc5)ccc5c(O)c(N=Nc6ccc7c(O)c(N=Nc8ccccc8S(=O)(=O)O)c(SOOO)cc7c6)c(SOOO)cc45)cc3c2O)c(OCCCSOOO)cc1N=Nc1cc(S(=O)(=O)O)cc2cc(S(=O)(=O)O)cc(O)c12. The van der Waals surface area contributed by atoms with Gasteiger partial charge in [0.1, 0.15) is 60.3 Å². The molecule has 48 heteroatoms. The van der Waals surface area contributed by atoms with E-state index in [-0.39, 0.29) is 130 Å². The van der Waals surface area contributed by atoms with Crippen LogP contribution in [-0.4, -0.2) is 113 Å². The maximum atomic E-state index is 13.4. The van der Waals surface area contributed by atoms with Crippen LogP contribution < -0.4 is 10.1 Å². The number of para-hydroxylation sites is 1. The maximum Gasteiger partial charge on any atom is 0.296 e. The molecule has 11 aromatic carbocycles. The zero-order valence-corrected chi connectivity index (χ0v) is 61.1. The molecule has 0 amide bonds. The van der Waals surface area contributed by atoms with Crippen molar-refractivity contribution >= 4 is 198 Å². The molecule has 0 fully saturated rings. The van der Waals surface area contributed by atoms with Gasteiger partial charge in [-0.05, 0) is 139 Å². The first-order valence-corrected chi connectivity index (χ1v) is 39.5. The number of nitrogens with one attached hydrogen (secondary N) is 1. The molecule has 11 aromatic rings. The third-order valence-corrected chi connectivity index (χ3v) is 21.4. The number of nitrogens with zero attached hydrogens (tertiary/aromatic N) is 10. The highest BCUT2D eigenvalue weighted by molar-refractivity contribution is 7.95. The van der Waals surface area contributed by atoms with Crippen molar-refractivity contribution in [2.45, 2.75) is 47.6 Å². The Labute approximate surface area is 630 Å². The van der Waals surface area contributed by atoms with Crippen LogP contribution in [0.5, 0.6) is 28.7 Å². The van der Waals surface area contributed by atoms with Crippen molar-refractivity contribution in [2.75, 3.05) is 17.7 Å². The van der Waals surface area contributed by atoms with Gasteiger partial charge in [-0.2, -0.15) is 57.4 Å².